The Morgan fingerprint density at radius 2 is 1.64 bits per heavy atom. The molecular formula is C12H23KN2O7. The summed E-state index contributed by atoms with van der Waals surface area (Å²) in [7, 11) is 7.48. The molecule has 0 fully saturated rings. The molecule has 0 amide bonds. The molecule has 0 bridgehead atoms. The zero-order chi connectivity index (χ0) is 17.2. The first-order valence-electron chi connectivity index (χ1n) is 6.10. The fourth-order valence-electron chi connectivity index (χ4n) is 1.29. The number of hydrogen-bond donors (Lipinski definition) is 2. The van der Waals surface area contributed by atoms with E-state index in [4.69, 9.17) is 15.6 Å². The first-order valence-corrected chi connectivity index (χ1v) is 6.10. The van der Waals surface area contributed by atoms with Crippen molar-refractivity contribution in [2.75, 3.05) is 34.8 Å². The smallest absolute Gasteiger partial charge is 0.550 e. The summed E-state index contributed by atoms with van der Waals surface area (Å²) in [4.78, 5) is 29.7. The van der Waals surface area contributed by atoms with E-state index in [-0.39, 0.29) is 63.9 Å². The number of ether oxygens (including phenoxy) is 1. The molecule has 0 aliphatic rings. The molecule has 0 spiro atoms. The SMILES string of the molecule is COC(CC(=O)[O-])C[N+](C)(C)C.N[C@@H](CC(=O)O)C(=O)[O-].[K+]. The Kier molecular flexibility index (Phi) is 16.3. The molecular weight excluding hydrogens is 323 g/mol. The number of methoxy groups -OCH3 is 1. The van der Waals surface area contributed by atoms with Crippen LogP contribution in [0.3, 0.4) is 0 Å². The molecule has 22 heavy (non-hydrogen) atoms. The Balaban J connectivity index is -0.000000326. The van der Waals surface area contributed by atoms with E-state index in [1.54, 1.807) is 0 Å². The molecule has 0 heterocycles. The minimum absolute atomic E-state index is 0. The maximum atomic E-state index is 10.3. The molecule has 0 aliphatic heterocycles. The van der Waals surface area contributed by atoms with Gasteiger partial charge in [0.25, 0.3) is 0 Å². The second-order valence-electron chi connectivity index (χ2n) is 5.43. The van der Waals surface area contributed by atoms with Crippen LogP contribution in [0.15, 0.2) is 0 Å². The quantitative estimate of drug-likeness (QED) is 0.325. The van der Waals surface area contributed by atoms with Crippen LogP contribution in [-0.4, -0.2) is 74.4 Å². The molecule has 0 aliphatic carbocycles. The Bertz CT molecular complexity index is 358. The van der Waals surface area contributed by atoms with E-state index >= 15 is 0 Å². The minimum Gasteiger partial charge on any atom is -0.550 e. The summed E-state index contributed by atoms with van der Waals surface area (Å²) in [5.41, 5.74) is 4.77. The number of carbonyl (C=O) groups is 3. The standard InChI is InChI=1S/C8H17NO3.C4H7NO4.K/c1-9(2,3)6-7(12-4)5-8(10)11;5-2(4(8)9)1-3(6)7;/h7H,5-6H2,1-4H3;2H,1,5H2,(H,6,7)(H,8,9);/q;;+1/p-1/t;2-;/m.0./s1. The summed E-state index contributed by atoms with van der Waals surface area (Å²) >= 11 is 0. The van der Waals surface area contributed by atoms with Crippen molar-refractivity contribution >= 4 is 17.9 Å². The van der Waals surface area contributed by atoms with Crippen molar-refractivity contribution in [2.45, 2.75) is 25.0 Å². The Morgan fingerprint density at radius 1 is 1.18 bits per heavy atom. The van der Waals surface area contributed by atoms with Crippen LogP contribution in [0.1, 0.15) is 12.8 Å². The third-order valence-electron chi connectivity index (χ3n) is 2.18. The molecule has 0 saturated heterocycles. The van der Waals surface area contributed by atoms with Gasteiger partial charge in [-0.05, 0) is 0 Å². The van der Waals surface area contributed by atoms with E-state index in [2.05, 4.69) is 0 Å². The number of hydrogen-bond acceptors (Lipinski definition) is 7. The van der Waals surface area contributed by atoms with Gasteiger partial charge < -0.3 is 39.9 Å². The zero-order valence-corrected chi connectivity index (χ0v) is 16.8. The molecule has 124 valence electrons. The summed E-state index contributed by atoms with van der Waals surface area (Å²) in [6.45, 7) is 0.671. The Labute approximate surface area is 172 Å². The van der Waals surface area contributed by atoms with Crippen LogP contribution in [0.2, 0.25) is 0 Å². The summed E-state index contributed by atoms with van der Waals surface area (Å²) in [6, 6.07) is -1.40. The second-order valence-corrected chi connectivity index (χ2v) is 5.43. The summed E-state index contributed by atoms with van der Waals surface area (Å²) in [5.74, 6) is -3.85. The van der Waals surface area contributed by atoms with Crippen molar-refractivity contribution in [3.8, 4) is 0 Å². The van der Waals surface area contributed by atoms with Crippen LogP contribution in [0.5, 0.6) is 0 Å². The van der Waals surface area contributed by atoms with Gasteiger partial charge >= 0.3 is 57.4 Å². The van der Waals surface area contributed by atoms with Gasteiger partial charge in [0.1, 0.15) is 12.6 Å². The van der Waals surface area contributed by atoms with Crippen molar-refractivity contribution in [3.05, 3.63) is 0 Å². The second kappa shape index (κ2) is 13.4. The first-order chi connectivity index (χ1) is 9.38. The predicted octanol–water partition coefficient (Wildman–Crippen LogP) is -6.61. The fraction of sp³-hybridized carbons (Fsp3) is 0.750. The number of nitrogens with two attached hydrogens (primary N) is 1. The molecule has 0 rings (SSSR count). The number of nitrogens with zero attached hydrogens (tertiary/aromatic N) is 1. The molecule has 2 atom stereocenters. The van der Waals surface area contributed by atoms with E-state index in [1.807, 2.05) is 21.1 Å². The van der Waals surface area contributed by atoms with Gasteiger partial charge in [0, 0.05) is 19.5 Å². The predicted molar refractivity (Wildman–Crippen MR) is 68.6 cm³/mol. The van der Waals surface area contributed by atoms with Gasteiger partial charge in [0.15, 0.2) is 0 Å². The van der Waals surface area contributed by atoms with Crippen LogP contribution in [0, 0.1) is 0 Å². The van der Waals surface area contributed by atoms with E-state index in [1.165, 1.54) is 7.11 Å². The number of carbonyl (C=O) groups excluding carboxylic acids is 2. The molecule has 3 N–H and O–H groups in total. The van der Waals surface area contributed by atoms with E-state index in [0.717, 1.165) is 0 Å². The fourth-order valence-corrected chi connectivity index (χ4v) is 1.29. The third kappa shape index (κ3) is 19.9. The molecule has 0 aromatic rings. The van der Waals surface area contributed by atoms with Gasteiger partial charge in [0.2, 0.25) is 0 Å². The molecule has 0 aromatic heterocycles. The normalized spacial score (nSPS) is 13.0. The number of likely N-dealkylation sites (N-methyl/N-ethyl adjacent to an activating group) is 1. The van der Waals surface area contributed by atoms with Crippen LogP contribution in [-0.2, 0) is 19.1 Å². The van der Waals surface area contributed by atoms with E-state index in [0.29, 0.717) is 11.0 Å². The van der Waals surface area contributed by atoms with Gasteiger partial charge in [0.05, 0.1) is 39.6 Å². The third-order valence-corrected chi connectivity index (χ3v) is 2.18. The number of aliphatic carboxylic acids is 3. The van der Waals surface area contributed by atoms with Gasteiger partial charge in [-0.25, -0.2) is 0 Å². The maximum absolute atomic E-state index is 10.3. The minimum atomic E-state index is -1.54. The largest absolute Gasteiger partial charge is 1.00 e. The topological polar surface area (TPSA) is 153 Å². The molecule has 9 nitrogen and oxygen atoms in total. The monoisotopic (exact) mass is 346 g/mol. The number of carboxylic acids is 3. The molecule has 10 heteroatoms. The van der Waals surface area contributed by atoms with Gasteiger partial charge in [-0.3, -0.25) is 4.79 Å². The van der Waals surface area contributed by atoms with Crippen molar-refractivity contribution in [2.24, 2.45) is 5.73 Å². The average Bonchev–Trinajstić information content (AvgIpc) is 2.25. The number of quaternary nitrogens is 1. The Morgan fingerprint density at radius 3 is 1.82 bits per heavy atom. The molecule has 0 radical (unpaired) electrons. The van der Waals surface area contributed by atoms with Crippen molar-refractivity contribution in [1.29, 1.82) is 0 Å². The van der Waals surface area contributed by atoms with E-state index < -0.39 is 30.4 Å². The summed E-state index contributed by atoms with van der Waals surface area (Å²) in [5, 5.41) is 28.0. The average molecular weight is 346 g/mol. The summed E-state index contributed by atoms with van der Waals surface area (Å²) in [6.07, 6.45) is -0.885. The van der Waals surface area contributed by atoms with Crippen LogP contribution < -0.4 is 67.3 Å². The van der Waals surface area contributed by atoms with Crippen molar-refractivity contribution in [1.82, 2.24) is 0 Å². The number of rotatable bonds is 8. The molecule has 1 unspecified atom stereocenters. The molecule has 0 aromatic carbocycles. The Hall–Kier alpha value is -0.0736. The van der Waals surface area contributed by atoms with Crippen LogP contribution in [0.25, 0.3) is 0 Å². The van der Waals surface area contributed by atoms with Crippen molar-refractivity contribution < 1.29 is 90.3 Å². The zero-order valence-electron chi connectivity index (χ0n) is 13.7. The summed E-state index contributed by atoms with van der Waals surface area (Å²) < 4.78 is 5.69. The maximum Gasteiger partial charge on any atom is 1.00 e. The number of carboxylic acid groups (broad SMARTS) is 3. The molecule has 0 saturated carbocycles. The van der Waals surface area contributed by atoms with Crippen LogP contribution in [0.4, 0.5) is 0 Å². The van der Waals surface area contributed by atoms with E-state index in [9.17, 15) is 24.6 Å². The van der Waals surface area contributed by atoms with Gasteiger partial charge in [-0.1, -0.05) is 0 Å². The van der Waals surface area contributed by atoms with Gasteiger partial charge in [-0.2, -0.15) is 0 Å². The van der Waals surface area contributed by atoms with Gasteiger partial charge in [-0.15, -0.1) is 0 Å². The first kappa shape index (κ1) is 26.8. The van der Waals surface area contributed by atoms with Crippen molar-refractivity contribution in [3.63, 3.8) is 0 Å². The van der Waals surface area contributed by atoms with Crippen LogP contribution >= 0.6 is 0 Å².